The van der Waals surface area contributed by atoms with E-state index in [9.17, 15) is 22.0 Å². The summed E-state index contributed by atoms with van der Waals surface area (Å²) in [6.07, 6.45) is 0. The second kappa shape index (κ2) is 5.59. The molecule has 0 fully saturated rings. The molecule has 8 heteroatoms. The lowest BCUT2D eigenvalue weighted by Gasteiger charge is -2.10. The van der Waals surface area contributed by atoms with Crippen molar-refractivity contribution in [1.82, 2.24) is 0 Å². The van der Waals surface area contributed by atoms with Gasteiger partial charge in [0.2, 0.25) is 5.82 Å². The molecule has 0 saturated heterocycles. The Bertz CT molecular complexity index is 544. The Kier molecular flexibility index (Phi) is 4.22. The first kappa shape index (κ1) is 15.1. The van der Waals surface area contributed by atoms with Gasteiger partial charge in [0.1, 0.15) is 5.69 Å². The fourth-order valence-corrected chi connectivity index (χ4v) is 2.79. The highest BCUT2D eigenvalue weighted by atomic mass is 32.2. The molecule has 1 atom stereocenters. The molecular formula is C12H11F5N2S. The summed E-state index contributed by atoms with van der Waals surface area (Å²) in [5, 5.41) is 2.33. The molecule has 20 heavy (non-hydrogen) atoms. The first-order chi connectivity index (χ1) is 9.32. The Morgan fingerprint density at radius 3 is 1.95 bits per heavy atom. The van der Waals surface area contributed by atoms with E-state index in [1.54, 1.807) is 0 Å². The summed E-state index contributed by atoms with van der Waals surface area (Å²) in [6.45, 7) is 3.85. The van der Waals surface area contributed by atoms with Crippen LogP contribution in [0.5, 0.6) is 0 Å². The van der Waals surface area contributed by atoms with Crippen LogP contribution in [0.1, 0.15) is 13.8 Å². The number of nitrogens with zero attached hydrogens (tertiary/aromatic N) is 1. The van der Waals surface area contributed by atoms with E-state index in [0.29, 0.717) is 5.75 Å². The molecule has 0 saturated carbocycles. The van der Waals surface area contributed by atoms with Crippen LogP contribution < -0.4 is 5.32 Å². The highest BCUT2D eigenvalue weighted by Crippen LogP contribution is 2.30. The number of aliphatic imine (C=N–C) groups is 1. The SMILES string of the molecule is CC(C)C1CSC(Nc2c(F)c(F)c(F)c(F)c2F)=N1. The lowest BCUT2D eigenvalue weighted by atomic mass is 10.1. The maximum absolute atomic E-state index is 13.5. The van der Waals surface area contributed by atoms with Crippen molar-refractivity contribution in [3.63, 3.8) is 0 Å². The lowest BCUT2D eigenvalue weighted by molar-refractivity contribution is 0.382. The summed E-state index contributed by atoms with van der Waals surface area (Å²) in [4.78, 5) is 4.14. The number of nitrogens with one attached hydrogen (secondary N) is 1. The first-order valence-corrected chi connectivity index (χ1v) is 6.80. The highest BCUT2D eigenvalue weighted by molar-refractivity contribution is 8.14. The monoisotopic (exact) mass is 310 g/mol. The number of rotatable bonds is 2. The summed E-state index contributed by atoms with van der Waals surface area (Å²) in [5.41, 5.74) is -1.07. The van der Waals surface area contributed by atoms with Crippen molar-refractivity contribution < 1.29 is 22.0 Å². The van der Waals surface area contributed by atoms with E-state index in [1.807, 2.05) is 13.8 Å². The molecule has 1 heterocycles. The van der Waals surface area contributed by atoms with Crippen molar-refractivity contribution in [1.29, 1.82) is 0 Å². The van der Waals surface area contributed by atoms with Gasteiger partial charge in [0.15, 0.2) is 28.4 Å². The van der Waals surface area contributed by atoms with Crippen LogP contribution in [0.4, 0.5) is 27.6 Å². The largest absolute Gasteiger partial charge is 0.330 e. The van der Waals surface area contributed by atoms with Crippen LogP contribution >= 0.6 is 11.8 Å². The molecule has 2 rings (SSSR count). The Labute approximate surface area is 116 Å². The standard InChI is InChI=1S/C12H11F5N2S/c1-4(2)5-3-20-12(18-5)19-11-9(16)7(14)6(13)8(15)10(11)17/h4-5H,3H2,1-2H3,(H,18,19). The van der Waals surface area contributed by atoms with Gasteiger partial charge in [-0.15, -0.1) is 0 Å². The van der Waals surface area contributed by atoms with Gasteiger partial charge in [-0.25, -0.2) is 22.0 Å². The van der Waals surface area contributed by atoms with Crippen LogP contribution in [-0.4, -0.2) is 17.0 Å². The minimum absolute atomic E-state index is 0.0521. The molecule has 1 N–H and O–H groups in total. The predicted octanol–water partition coefficient (Wildman–Crippen LogP) is 3.92. The van der Waals surface area contributed by atoms with Crippen LogP contribution in [0.2, 0.25) is 0 Å². The fraction of sp³-hybridized carbons (Fsp3) is 0.417. The molecule has 2 nitrogen and oxygen atoms in total. The fourth-order valence-electron chi connectivity index (χ4n) is 1.62. The molecular weight excluding hydrogens is 299 g/mol. The molecule has 1 aliphatic rings. The van der Waals surface area contributed by atoms with Crippen molar-refractivity contribution in [3.8, 4) is 0 Å². The van der Waals surface area contributed by atoms with Crippen LogP contribution in [-0.2, 0) is 0 Å². The summed E-state index contributed by atoms with van der Waals surface area (Å²) < 4.78 is 65.9. The van der Waals surface area contributed by atoms with Gasteiger partial charge in [0.05, 0.1) is 6.04 Å². The minimum atomic E-state index is -2.17. The third kappa shape index (κ3) is 2.61. The lowest BCUT2D eigenvalue weighted by Crippen LogP contribution is -2.14. The molecule has 1 aliphatic heterocycles. The molecule has 0 spiro atoms. The molecule has 0 aromatic heterocycles. The zero-order chi connectivity index (χ0) is 15.0. The number of anilines is 1. The van der Waals surface area contributed by atoms with E-state index in [4.69, 9.17) is 0 Å². The van der Waals surface area contributed by atoms with Crippen LogP contribution in [0.3, 0.4) is 0 Å². The highest BCUT2D eigenvalue weighted by Gasteiger charge is 2.28. The average Bonchev–Trinajstić information content (AvgIpc) is 2.88. The average molecular weight is 310 g/mol. The number of benzene rings is 1. The van der Waals surface area contributed by atoms with Gasteiger partial charge in [-0.3, -0.25) is 4.99 Å². The normalized spacial score (nSPS) is 18.6. The second-order valence-electron chi connectivity index (χ2n) is 4.63. The van der Waals surface area contributed by atoms with Crippen LogP contribution in [0, 0.1) is 35.0 Å². The van der Waals surface area contributed by atoms with E-state index >= 15 is 0 Å². The molecule has 0 bridgehead atoms. The van der Waals surface area contributed by atoms with Crippen molar-refractivity contribution >= 4 is 22.6 Å². The second-order valence-corrected chi connectivity index (χ2v) is 5.64. The Hall–Kier alpha value is -1.31. The molecule has 0 amide bonds. The Morgan fingerprint density at radius 2 is 1.50 bits per heavy atom. The molecule has 0 radical (unpaired) electrons. The zero-order valence-electron chi connectivity index (χ0n) is 10.6. The summed E-state index contributed by atoms with van der Waals surface area (Å²) in [5.74, 6) is -9.10. The third-order valence-corrected chi connectivity index (χ3v) is 3.87. The molecule has 0 aliphatic carbocycles. The maximum atomic E-state index is 13.5. The van der Waals surface area contributed by atoms with Gasteiger partial charge in [0, 0.05) is 5.75 Å². The predicted molar refractivity (Wildman–Crippen MR) is 68.4 cm³/mol. The van der Waals surface area contributed by atoms with Crippen LogP contribution in [0.25, 0.3) is 0 Å². The zero-order valence-corrected chi connectivity index (χ0v) is 11.4. The van der Waals surface area contributed by atoms with Gasteiger partial charge < -0.3 is 5.32 Å². The topological polar surface area (TPSA) is 24.4 Å². The van der Waals surface area contributed by atoms with E-state index in [1.165, 1.54) is 11.8 Å². The van der Waals surface area contributed by atoms with Gasteiger partial charge in [-0.05, 0) is 5.92 Å². The van der Waals surface area contributed by atoms with Crippen molar-refractivity contribution in [2.24, 2.45) is 10.9 Å². The number of hydrogen-bond acceptors (Lipinski definition) is 3. The molecule has 1 aromatic carbocycles. The minimum Gasteiger partial charge on any atom is -0.330 e. The number of thioether (sulfide) groups is 1. The maximum Gasteiger partial charge on any atom is 0.200 e. The van der Waals surface area contributed by atoms with Crippen molar-refractivity contribution in [3.05, 3.63) is 29.1 Å². The van der Waals surface area contributed by atoms with Crippen molar-refractivity contribution in [2.45, 2.75) is 19.9 Å². The van der Waals surface area contributed by atoms with Crippen molar-refractivity contribution in [2.75, 3.05) is 11.1 Å². The van der Waals surface area contributed by atoms with Gasteiger partial charge in [-0.1, -0.05) is 25.6 Å². The van der Waals surface area contributed by atoms with E-state index < -0.39 is 34.8 Å². The van der Waals surface area contributed by atoms with E-state index in [0.717, 1.165) is 0 Å². The quantitative estimate of drug-likeness (QED) is 0.508. The Balaban J connectivity index is 2.34. The number of halogens is 5. The smallest absolute Gasteiger partial charge is 0.200 e. The Morgan fingerprint density at radius 1 is 1.00 bits per heavy atom. The summed E-state index contributed by atoms with van der Waals surface area (Å²) in [7, 11) is 0. The van der Waals surface area contributed by atoms with Gasteiger partial charge in [0.25, 0.3) is 0 Å². The molecule has 110 valence electrons. The number of amidine groups is 1. The summed E-state index contributed by atoms with van der Waals surface area (Å²) in [6, 6.07) is -0.0521. The van der Waals surface area contributed by atoms with E-state index in [2.05, 4.69) is 10.3 Å². The molecule has 1 aromatic rings. The molecule has 1 unspecified atom stereocenters. The number of hydrogen-bond donors (Lipinski definition) is 1. The van der Waals surface area contributed by atoms with Gasteiger partial charge >= 0.3 is 0 Å². The van der Waals surface area contributed by atoms with Gasteiger partial charge in [-0.2, -0.15) is 0 Å². The third-order valence-electron chi connectivity index (χ3n) is 2.89. The summed E-state index contributed by atoms with van der Waals surface area (Å²) >= 11 is 1.17. The first-order valence-electron chi connectivity index (χ1n) is 5.82. The van der Waals surface area contributed by atoms with Crippen LogP contribution in [0.15, 0.2) is 4.99 Å². The van der Waals surface area contributed by atoms with E-state index in [-0.39, 0.29) is 17.1 Å².